The van der Waals surface area contributed by atoms with E-state index in [2.05, 4.69) is 26.2 Å². The van der Waals surface area contributed by atoms with Crippen LogP contribution in [0.3, 0.4) is 0 Å². The summed E-state index contributed by atoms with van der Waals surface area (Å²) in [4.78, 5) is 14.8. The molecule has 0 atom stereocenters. The summed E-state index contributed by atoms with van der Waals surface area (Å²) < 4.78 is 25.0. The van der Waals surface area contributed by atoms with Crippen molar-refractivity contribution in [3.63, 3.8) is 0 Å². The van der Waals surface area contributed by atoms with E-state index in [1.165, 1.54) is 30.3 Å². The van der Waals surface area contributed by atoms with Gasteiger partial charge in [0.1, 0.15) is 11.7 Å². The first-order valence-corrected chi connectivity index (χ1v) is 8.25. The fourth-order valence-corrected chi connectivity index (χ4v) is 2.87. The van der Waals surface area contributed by atoms with Gasteiger partial charge in [0.15, 0.2) is 15.5 Å². The zero-order valence-corrected chi connectivity index (χ0v) is 13.1. The Labute approximate surface area is 129 Å². The van der Waals surface area contributed by atoms with Crippen LogP contribution in [0.15, 0.2) is 51.8 Å². The van der Waals surface area contributed by atoms with Gasteiger partial charge in [-0.15, -0.1) is 0 Å². The Bertz CT molecular complexity index is 760. The lowest BCUT2D eigenvalue weighted by Crippen LogP contribution is -2.16. The molecule has 0 aliphatic carbocycles. The largest absolute Gasteiger partial charge is 0.477 e. The quantitative estimate of drug-likeness (QED) is 0.838. The number of anilines is 1. The Hall–Kier alpha value is -1.93. The number of pyridine rings is 1. The number of nitrogens with zero attached hydrogens (tertiary/aromatic N) is 1. The monoisotopic (exact) mass is 370 g/mol. The van der Waals surface area contributed by atoms with Gasteiger partial charge in [-0.3, -0.25) is 0 Å². The molecule has 110 valence electrons. The Morgan fingerprint density at radius 3 is 2.48 bits per heavy atom. The van der Waals surface area contributed by atoms with Crippen LogP contribution in [0, 0.1) is 0 Å². The first kappa shape index (κ1) is 15.5. The molecule has 2 aromatic rings. The van der Waals surface area contributed by atoms with Crippen molar-refractivity contribution in [2.45, 2.75) is 4.90 Å². The molecule has 2 N–H and O–H groups in total. The molecule has 0 saturated carbocycles. The fraction of sp³-hybridized carbons (Fsp3) is 0.0769. The predicted molar refractivity (Wildman–Crippen MR) is 81.0 cm³/mol. The number of sulfone groups is 1. The van der Waals surface area contributed by atoms with Crippen molar-refractivity contribution in [3.8, 4) is 0 Å². The topological polar surface area (TPSA) is 96.4 Å². The summed E-state index contributed by atoms with van der Waals surface area (Å²) >= 11 is 3.23. The maximum Gasteiger partial charge on any atom is 0.354 e. The first-order valence-electron chi connectivity index (χ1n) is 5.81. The van der Waals surface area contributed by atoms with E-state index in [0.717, 1.165) is 4.47 Å². The van der Waals surface area contributed by atoms with Crippen molar-refractivity contribution >= 4 is 37.6 Å². The minimum atomic E-state index is -3.53. The molecule has 0 amide bonds. The summed E-state index contributed by atoms with van der Waals surface area (Å²) in [5, 5.41) is 11.4. The van der Waals surface area contributed by atoms with Crippen molar-refractivity contribution in [1.82, 2.24) is 4.98 Å². The van der Waals surface area contributed by atoms with Crippen molar-refractivity contribution < 1.29 is 18.3 Å². The van der Waals surface area contributed by atoms with Crippen molar-refractivity contribution in [1.29, 1.82) is 0 Å². The Morgan fingerprint density at radius 2 is 1.86 bits per heavy atom. The number of hydrogen-bond acceptors (Lipinski definition) is 5. The number of carbonyl (C=O) groups is 1. The van der Waals surface area contributed by atoms with Gasteiger partial charge in [-0.05, 0) is 36.4 Å². The highest BCUT2D eigenvalue weighted by Gasteiger charge is 2.14. The smallest absolute Gasteiger partial charge is 0.354 e. The molecule has 0 aliphatic heterocycles. The summed E-state index contributed by atoms with van der Waals surface area (Å²) in [5.41, 5.74) is -0.152. The minimum Gasteiger partial charge on any atom is -0.477 e. The molecular weight excluding hydrogens is 360 g/mol. The summed E-state index contributed by atoms with van der Waals surface area (Å²) in [6, 6.07) is 10.6. The fourth-order valence-electron chi connectivity index (χ4n) is 1.55. The van der Waals surface area contributed by atoms with Crippen LogP contribution in [0.25, 0.3) is 0 Å². The van der Waals surface area contributed by atoms with Crippen molar-refractivity contribution in [3.05, 3.63) is 52.6 Å². The standard InChI is InChI=1S/C13H11BrN2O4S/c14-9-4-6-10(7-5-9)21(19,20)8-15-12-3-1-2-11(16-12)13(17)18/h1-7H,8H2,(H,15,16)(H,17,18). The predicted octanol–water partition coefficient (Wildman–Crippen LogP) is 2.39. The molecule has 0 radical (unpaired) electrons. The summed E-state index contributed by atoms with van der Waals surface area (Å²) in [5.74, 6) is -1.35. The van der Waals surface area contributed by atoms with Crippen LogP contribution in [-0.2, 0) is 9.84 Å². The summed E-state index contributed by atoms with van der Waals surface area (Å²) in [6.07, 6.45) is 0. The van der Waals surface area contributed by atoms with E-state index in [1.807, 2.05) is 0 Å². The summed E-state index contributed by atoms with van der Waals surface area (Å²) in [6.45, 7) is 0. The van der Waals surface area contributed by atoms with Crippen LogP contribution in [0.1, 0.15) is 10.5 Å². The number of halogens is 1. The number of rotatable bonds is 5. The van der Waals surface area contributed by atoms with Gasteiger partial charge in [-0.25, -0.2) is 18.2 Å². The normalized spacial score (nSPS) is 11.1. The molecule has 0 fully saturated rings. The molecule has 8 heteroatoms. The maximum absolute atomic E-state index is 12.1. The zero-order chi connectivity index (χ0) is 15.5. The van der Waals surface area contributed by atoms with E-state index in [9.17, 15) is 13.2 Å². The van der Waals surface area contributed by atoms with Crippen molar-refractivity contribution in [2.24, 2.45) is 0 Å². The van der Waals surface area contributed by atoms with Crippen LogP contribution in [0.5, 0.6) is 0 Å². The van der Waals surface area contributed by atoms with Gasteiger partial charge in [-0.2, -0.15) is 0 Å². The lowest BCUT2D eigenvalue weighted by atomic mass is 10.3. The third kappa shape index (κ3) is 4.02. The van der Waals surface area contributed by atoms with E-state index in [-0.39, 0.29) is 22.3 Å². The van der Waals surface area contributed by atoms with E-state index in [4.69, 9.17) is 5.11 Å². The highest BCUT2D eigenvalue weighted by molar-refractivity contribution is 9.10. The molecule has 6 nitrogen and oxygen atoms in total. The minimum absolute atomic E-state index is 0.152. The van der Waals surface area contributed by atoms with Crippen LogP contribution in [0.2, 0.25) is 0 Å². The SMILES string of the molecule is O=C(O)c1cccc(NCS(=O)(=O)c2ccc(Br)cc2)n1. The number of carboxylic acids is 1. The highest BCUT2D eigenvalue weighted by atomic mass is 79.9. The second kappa shape index (κ2) is 6.23. The molecule has 0 spiro atoms. The van der Waals surface area contributed by atoms with Crippen LogP contribution < -0.4 is 5.32 Å². The van der Waals surface area contributed by atoms with Gasteiger partial charge >= 0.3 is 5.97 Å². The molecule has 0 unspecified atom stereocenters. The molecule has 0 saturated heterocycles. The number of aromatic carboxylic acids is 1. The average molecular weight is 371 g/mol. The third-order valence-electron chi connectivity index (χ3n) is 2.58. The van der Waals surface area contributed by atoms with Gasteiger partial charge in [0.25, 0.3) is 0 Å². The van der Waals surface area contributed by atoms with Crippen molar-refractivity contribution in [2.75, 3.05) is 11.2 Å². The average Bonchev–Trinajstić information content (AvgIpc) is 2.46. The molecular formula is C13H11BrN2O4S. The molecule has 1 aromatic carbocycles. The third-order valence-corrected chi connectivity index (χ3v) is 4.63. The first-order chi connectivity index (χ1) is 9.88. The second-order valence-electron chi connectivity index (χ2n) is 4.10. The van der Waals surface area contributed by atoms with E-state index < -0.39 is 15.8 Å². The molecule has 21 heavy (non-hydrogen) atoms. The Morgan fingerprint density at radius 1 is 1.19 bits per heavy atom. The van der Waals surface area contributed by atoms with E-state index in [0.29, 0.717) is 0 Å². The second-order valence-corrected chi connectivity index (χ2v) is 7.01. The Kier molecular flexibility index (Phi) is 4.59. The number of aromatic nitrogens is 1. The van der Waals surface area contributed by atoms with E-state index in [1.54, 1.807) is 12.1 Å². The Balaban J connectivity index is 2.13. The van der Waals surface area contributed by atoms with Crippen LogP contribution in [0.4, 0.5) is 5.82 Å². The van der Waals surface area contributed by atoms with Gasteiger partial charge < -0.3 is 10.4 Å². The zero-order valence-electron chi connectivity index (χ0n) is 10.7. The van der Waals surface area contributed by atoms with Gasteiger partial charge in [0.05, 0.1) is 4.90 Å². The highest BCUT2D eigenvalue weighted by Crippen LogP contribution is 2.16. The van der Waals surface area contributed by atoms with Crippen LogP contribution >= 0.6 is 15.9 Å². The van der Waals surface area contributed by atoms with Gasteiger partial charge in [0.2, 0.25) is 0 Å². The number of benzene rings is 1. The molecule has 0 bridgehead atoms. The van der Waals surface area contributed by atoms with Crippen LogP contribution in [-0.4, -0.2) is 30.4 Å². The van der Waals surface area contributed by atoms with E-state index >= 15 is 0 Å². The molecule has 0 aliphatic rings. The number of hydrogen-bond donors (Lipinski definition) is 2. The van der Waals surface area contributed by atoms with Gasteiger partial charge in [0, 0.05) is 4.47 Å². The molecule has 1 heterocycles. The molecule has 2 rings (SSSR count). The number of nitrogens with one attached hydrogen (secondary N) is 1. The molecule has 1 aromatic heterocycles. The van der Waals surface area contributed by atoms with Gasteiger partial charge in [-0.1, -0.05) is 22.0 Å². The lowest BCUT2D eigenvalue weighted by Gasteiger charge is -2.07. The lowest BCUT2D eigenvalue weighted by molar-refractivity contribution is 0.0690. The maximum atomic E-state index is 12.1. The summed E-state index contributed by atoms with van der Waals surface area (Å²) in [7, 11) is -3.53. The number of carboxylic acid groups (broad SMARTS) is 1.